The molecule has 1 aliphatic heterocycles. The van der Waals surface area contributed by atoms with Gasteiger partial charge in [0.25, 0.3) is 11.5 Å². The van der Waals surface area contributed by atoms with Crippen LogP contribution in [0.5, 0.6) is 0 Å². The van der Waals surface area contributed by atoms with Crippen LogP contribution in [-0.4, -0.2) is 56.7 Å². The largest absolute Gasteiger partial charge is 0.341 e. The van der Waals surface area contributed by atoms with Gasteiger partial charge in [-0.25, -0.2) is 14.6 Å². The Morgan fingerprint density at radius 3 is 2.48 bits per heavy atom. The van der Waals surface area contributed by atoms with Gasteiger partial charge in [0.2, 0.25) is 5.95 Å². The third-order valence-corrected chi connectivity index (χ3v) is 4.60. The average Bonchev–Trinajstić information content (AvgIpc) is 2.63. The molecule has 9 heteroatoms. The lowest BCUT2D eigenvalue weighted by Gasteiger charge is -2.36. The molecule has 3 rings (SSSR count). The van der Waals surface area contributed by atoms with E-state index in [4.69, 9.17) is 11.6 Å². The fourth-order valence-electron chi connectivity index (χ4n) is 2.89. The first-order valence-electron chi connectivity index (χ1n) is 7.99. The van der Waals surface area contributed by atoms with E-state index < -0.39 is 0 Å². The Morgan fingerprint density at radius 2 is 1.88 bits per heavy atom. The predicted octanol–water partition coefficient (Wildman–Crippen LogP) is 0.965. The number of carbonyl (C=O) groups is 1. The quantitative estimate of drug-likeness (QED) is 0.808. The lowest BCUT2D eigenvalue weighted by molar-refractivity contribution is 0.0704. The Balaban J connectivity index is 1.63. The normalized spacial score (nSPS) is 15.2. The average molecular weight is 363 g/mol. The summed E-state index contributed by atoms with van der Waals surface area (Å²) in [7, 11) is 3.48. The molecule has 0 bridgehead atoms. The highest BCUT2D eigenvalue weighted by Crippen LogP contribution is 2.20. The Kier molecular flexibility index (Phi) is 4.98. The molecule has 8 nitrogen and oxygen atoms in total. The number of carbonyl (C=O) groups excluding carboxylic acids is 1. The minimum atomic E-state index is -0.236. The van der Waals surface area contributed by atoms with Crippen molar-refractivity contribution in [2.45, 2.75) is 18.9 Å². The van der Waals surface area contributed by atoms with E-state index >= 15 is 0 Å². The van der Waals surface area contributed by atoms with Crippen LogP contribution in [0.4, 0.5) is 5.95 Å². The highest BCUT2D eigenvalue weighted by atomic mass is 35.5. The molecular weight excluding hydrogens is 344 g/mol. The van der Waals surface area contributed by atoms with Crippen LogP contribution >= 0.6 is 11.6 Å². The van der Waals surface area contributed by atoms with Gasteiger partial charge in [-0.2, -0.15) is 5.10 Å². The highest BCUT2D eigenvalue weighted by molar-refractivity contribution is 6.30. The third-order valence-electron chi connectivity index (χ3n) is 4.40. The first-order valence-corrected chi connectivity index (χ1v) is 8.37. The fraction of sp³-hybridized carbons (Fsp3) is 0.438. The molecular formula is C16H19ClN6O2. The molecule has 0 aliphatic carbocycles. The van der Waals surface area contributed by atoms with Gasteiger partial charge in [0.05, 0.1) is 17.4 Å². The van der Waals surface area contributed by atoms with Gasteiger partial charge in [-0.3, -0.25) is 9.59 Å². The molecule has 0 atom stereocenters. The Morgan fingerprint density at radius 1 is 1.24 bits per heavy atom. The van der Waals surface area contributed by atoms with E-state index in [0.717, 1.165) is 12.8 Å². The second-order valence-electron chi connectivity index (χ2n) is 6.02. The van der Waals surface area contributed by atoms with Gasteiger partial charge in [-0.1, -0.05) is 11.6 Å². The SMILES string of the molecule is CN(c1ncc(Cl)cn1)C1CCN(C(=O)c2ccc(=O)n(C)n2)CC1. The smallest absolute Gasteiger partial charge is 0.274 e. The number of piperidine rings is 1. The zero-order valence-corrected chi connectivity index (χ0v) is 14.8. The zero-order valence-electron chi connectivity index (χ0n) is 14.1. The van der Waals surface area contributed by atoms with E-state index in [1.807, 2.05) is 11.9 Å². The minimum absolute atomic E-state index is 0.153. The van der Waals surface area contributed by atoms with Crippen molar-refractivity contribution in [2.24, 2.45) is 7.05 Å². The Hall–Kier alpha value is -2.48. The topological polar surface area (TPSA) is 84.2 Å². The Bertz CT molecular complexity index is 814. The summed E-state index contributed by atoms with van der Waals surface area (Å²) in [4.78, 5) is 36.2. The summed E-state index contributed by atoms with van der Waals surface area (Å²) in [5.74, 6) is 0.466. The van der Waals surface area contributed by atoms with Crippen molar-refractivity contribution in [1.29, 1.82) is 0 Å². The van der Waals surface area contributed by atoms with Gasteiger partial charge >= 0.3 is 0 Å². The number of amides is 1. The standard InChI is InChI=1S/C16H19ClN6O2/c1-21(16-18-9-11(17)10-19-16)12-5-7-23(8-6-12)15(25)13-3-4-14(24)22(2)20-13/h3-4,9-10,12H,5-8H2,1-2H3. The molecule has 0 radical (unpaired) electrons. The van der Waals surface area contributed by atoms with Gasteiger partial charge in [0.15, 0.2) is 0 Å². The van der Waals surface area contributed by atoms with E-state index in [9.17, 15) is 9.59 Å². The van der Waals surface area contributed by atoms with Crippen LogP contribution in [0.1, 0.15) is 23.3 Å². The monoisotopic (exact) mass is 362 g/mol. The number of aromatic nitrogens is 4. The molecule has 0 saturated carbocycles. The van der Waals surface area contributed by atoms with Crippen molar-refractivity contribution < 1.29 is 4.79 Å². The predicted molar refractivity (Wildman–Crippen MR) is 93.8 cm³/mol. The third kappa shape index (κ3) is 3.79. The summed E-state index contributed by atoms with van der Waals surface area (Å²) in [5, 5.41) is 4.53. The molecule has 0 aromatic carbocycles. The summed E-state index contributed by atoms with van der Waals surface area (Å²) in [6.07, 6.45) is 4.76. The number of aryl methyl sites for hydroxylation is 1. The second kappa shape index (κ2) is 7.18. The molecule has 3 heterocycles. The van der Waals surface area contributed by atoms with Gasteiger partial charge in [-0.15, -0.1) is 0 Å². The van der Waals surface area contributed by atoms with Crippen molar-refractivity contribution in [3.8, 4) is 0 Å². The van der Waals surface area contributed by atoms with E-state index in [0.29, 0.717) is 24.1 Å². The maximum Gasteiger partial charge on any atom is 0.274 e. The Labute approximate surface area is 150 Å². The molecule has 1 fully saturated rings. The minimum Gasteiger partial charge on any atom is -0.341 e. The lowest BCUT2D eigenvalue weighted by Crippen LogP contribution is -2.46. The van der Waals surface area contributed by atoms with Crippen molar-refractivity contribution >= 4 is 23.5 Å². The summed E-state index contributed by atoms with van der Waals surface area (Å²) in [5.41, 5.74) is 0.0507. The van der Waals surface area contributed by atoms with Crippen LogP contribution in [0.25, 0.3) is 0 Å². The maximum absolute atomic E-state index is 12.5. The van der Waals surface area contributed by atoms with Crippen LogP contribution in [0.2, 0.25) is 5.02 Å². The number of hydrogen-bond donors (Lipinski definition) is 0. The number of nitrogens with zero attached hydrogens (tertiary/aromatic N) is 6. The first-order chi connectivity index (χ1) is 12.0. The molecule has 25 heavy (non-hydrogen) atoms. The number of halogens is 1. The van der Waals surface area contributed by atoms with Gasteiger partial charge in [-0.05, 0) is 18.9 Å². The van der Waals surface area contributed by atoms with E-state index in [1.54, 1.807) is 17.3 Å². The van der Waals surface area contributed by atoms with Crippen LogP contribution in [0.3, 0.4) is 0 Å². The van der Waals surface area contributed by atoms with Crippen molar-refractivity contribution in [1.82, 2.24) is 24.6 Å². The van der Waals surface area contributed by atoms with Gasteiger partial charge in [0, 0.05) is 39.3 Å². The summed E-state index contributed by atoms with van der Waals surface area (Å²) >= 11 is 5.82. The molecule has 0 unspecified atom stereocenters. The molecule has 2 aromatic rings. The molecule has 2 aromatic heterocycles. The van der Waals surface area contributed by atoms with Crippen LogP contribution in [0, 0.1) is 0 Å². The molecule has 0 N–H and O–H groups in total. The van der Waals surface area contributed by atoms with Crippen LogP contribution in [-0.2, 0) is 7.05 Å². The van der Waals surface area contributed by atoms with Crippen LogP contribution < -0.4 is 10.5 Å². The zero-order chi connectivity index (χ0) is 18.0. The molecule has 1 amide bonds. The number of likely N-dealkylation sites (tertiary alicyclic amines) is 1. The summed E-state index contributed by atoms with van der Waals surface area (Å²) < 4.78 is 1.17. The van der Waals surface area contributed by atoms with Gasteiger partial charge in [0.1, 0.15) is 5.69 Å². The number of rotatable bonds is 3. The van der Waals surface area contributed by atoms with E-state index in [1.165, 1.54) is 23.9 Å². The molecule has 1 aliphatic rings. The second-order valence-corrected chi connectivity index (χ2v) is 6.45. The first kappa shape index (κ1) is 17.3. The van der Waals surface area contributed by atoms with Crippen LogP contribution in [0.15, 0.2) is 29.3 Å². The number of hydrogen-bond acceptors (Lipinski definition) is 6. The van der Waals surface area contributed by atoms with E-state index in [-0.39, 0.29) is 23.2 Å². The molecule has 132 valence electrons. The van der Waals surface area contributed by atoms with Crippen molar-refractivity contribution in [3.63, 3.8) is 0 Å². The molecule has 0 spiro atoms. The summed E-state index contributed by atoms with van der Waals surface area (Å²) in [6, 6.07) is 3.08. The molecule has 1 saturated heterocycles. The number of anilines is 1. The van der Waals surface area contributed by atoms with Crippen molar-refractivity contribution in [2.75, 3.05) is 25.0 Å². The van der Waals surface area contributed by atoms with Crippen molar-refractivity contribution in [3.05, 3.63) is 45.6 Å². The highest BCUT2D eigenvalue weighted by Gasteiger charge is 2.27. The van der Waals surface area contributed by atoms with E-state index in [2.05, 4.69) is 15.1 Å². The fourth-order valence-corrected chi connectivity index (χ4v) is 2.98. The maximum atomic E-state index is 12.5. The van der Waals surface area contributed by atoms with Gasteiger partial charge < -0.3 is 9.80 Å². The lowest BCUT2D eigenvalue weighted by atomic mass is 10.0. The summed E-state index contributed by atoms with van der Waals surface area (Å²) in [6.45, 7) is 1.23.